The van der Waals surface area contributed by atoms with Crippen LogP contribution in [0.15, 0.2) is 36.5 Å². The quantitative estimate of drug-likeness (QED) is 0.192. The topological polar surface area (TPSA) is 43.4 Å². The number of fused-ring (bicyclic) bond motifs is 2. The van der Waals surface area contributed by atoms with Gasteiger partial charge < -0.3 is 4.74 Å². The van der Waals surface area contributed by atoms with E-state index in [0.717, 1.165) is 32.1 Å². The number of esters is 1. The molecule has 0 aromatic rings. The molecule has 2 unspecified atom stereocenters. The van der Waals surface area contributed by atoms with E-state index in [4.69, 9.17) is 0 Å². The molecular formula is C24H36O3. The van der Waals surface area contributed by atoms with Crippen molar-refractivity contribution in [3.8, 4) is 0 Å². The number of carbonyl (C=O) groups excluding carboxylic acids is 2. The van der Waals surface area contributed by atoms with Crippen LogP contribution in [0.25, 0.3) is 0 Å². The summed E-state index contributed by atoms with van der Waals surface area (Å²) < 4.78 is 4.66. The molecule has 0 N–H and O–H groups in total. The summed E-state index contributed by atoms with van der Waals surface area (Å²) in [5, 5.41) is 0. The first-order valence-corrected chi connectivity index (χ1v) is 10.6. The molecule has 1 saturated carbocycles. The molecule has 2 rings (SSSR count). The lowest BCUT2D eigenvalue weighted by molar-refractivity contribution is -0.140. The van der Waals surface area contributed by atoms with Crippen molar-refractivity contribution in [3.63, 3.8) is 0 Å². The molecule has 0 saturated heterocycles. The van der Waals surface area contributed by atoms with Crippen LogP contribution in [-0.4, -0.2) is 18.9 Å². The number of unbranched alkanes of at least 4 members (excludes halogenated alkanes) is 1. The fourth-order valence-corrected chi connectivity index (χ4v) is 4.40. The Labute approximate surface area is 164 Å². The molecule has 2 aliphatic rings. The van der Waals surface area contributed by atoms with Gasteiger partial charge in [0.05, 0.1) is 7.11 Å². The molecule has 0 spiro atoms. The van der Waals surface area contributed by atoms with Crippen LogP contribution in [0.2, 0.25) is 0 Å². The molecule has 0 radical (unpaired) electrons. The highest BCUT2D eigenvalue weighted by Gasteiger charge is 2.42. The van der Waals surface area contributed by atoms with Gasteiger partial charge in [-0.1, -0.05) is 50.6 Å². The summed E-state index contributed by atoms with van der Waals surface area (Å²) in [5.74, 6) is 3.17. The van der Waals surface area contributed by atoms with Gasteiger partial charge in [-0.25, -0.2) is 0 Å². The lowest BCUT2D eigenvalue weighted by Gasteiger charge is -2.24. The van der Waals surface area contributed by atoms with E-state index >= 15 is 0 Å². The second kappa shape index (κ2) is 11.3. The van der Waals surface area contributed by atoms with Crippen LogP contribution in [0, 0.1) is 29.6 Å². The zero-order valence-corrected chi connectivity index (χ0v) is 17.2. The Bertz CT molecular complexity index is 570. The molecule has 0 aromatic carbocycles. The average Bonchev–Trinajstić information content (AvgIpc) is 3.23. The predicted molar refractivity (Wildman–Crippen MR) is 110 cm³/mol. The van der Waals surface area contributed by atoms with E-state index in [1.165, 1.54) is 13.5 Å². The molecule has 0 aliphatic heterocycles. The van der Waals surface area contributed by atoms with Crippen molar-refractivity contribution in [1.82, 2.24) is 0 Å². The van der Waals surface area contributed by atoms with Crippen LogP contribution < -0.4 is 0 Å². The van der Waals surface area contributed by atoms with Crippen molar-refractivity contribution in [2.24, 2.45) is 29.6 Å². The Morgan fingerprint density at radius 2 is 1.89 bits per heavy atom. The average molecular weight is 373 g/mol. The first-order valence-electron chi connectivity index (χ1n) is 10.6. The summed E-state index contributed by atoms with van der Waals surface area (Å²) in [7, 11) is 1.43. The zero-order chi connectivity index (χ0) is 19.6. The van der Waals surface area contributed by atoms with Crippen LogP contribution >= 0.6 is 0 Å². The number of carbonyl (C=O) groups is 2. The normalized spacial score (nSPS) is 26.7. The van der Waals surface area contributed by atoms with Crippen molar-refractivity contribution in [3.05, 3.63) is 36.5 Å². The van der Waals surface area contributed by atoms with Gasteiger partial charge in [0.25, 0.3) is 0 Å². The molecule has 27 heavy (non-hydrogen) atoms. The fourth-order valence-electron chi connectivity index (χ4n) is 4.40. The van der Waals surface area contributed by atoms with Crippen molar-refractivity contribution < 1.29 is 14.3 Å². The van der Waals surface area contributed by atoms with Gasteiger partial charge in [0.1, 0.15) is 0 Å². The van der Waals surface area contributed by atoms with Gasteiger partial charge in [-0.05, 0) is 67.8 Å². The second-order valence-corrected chi connectivity index (χ2v) is 8.48. The van der Waals surface area contributed by atoms with E-state index < -0.39 is 0 Å². The number of hydrogen-bond acceptors (Lipinski definition) is 3. The molecule has 4 atom stereocenters. The largest absolute Gasteiger partial charge is 0.469 e. The monoisotopic (exact) mass is 372 g/mol. The number of ketones is 1. The molecule has 3 heteroatoms. The van der Waals surface area contributed by atoms with E-state index in [1.54, 1.807) is 0 Å². The minimum absolute atomic E-state index is 0.134. The molecule has 0 aromatic heterocycles. The number of hydrogen-bond donors (Lipinski definition) is 0. The van der Waals surface area contributed by atoms with Gasteiger partial charge in [0, 0.05) is 12.8 Å². The molecule has 3 nitrogen and oxygen atoms in total. The minimum Gasteiger partial charge on any atom is -0.469 e. The van der Waals surface area contributed by atoms with E-state index in [0.29, 0.717) is 42.4 Å². The smallest absolute Gasteiger partial charge is 0.305 e. The maximum atomic E-state index is 12.1. The molecule has 0 amide bonds. The van der Waals surface area contributed by atoms with Crippen molar-refractivity contribution in [2.75, 3.05) is 7.11 Å². The van der Waals surface area contributed by atoms with Crippen LogP contribution in [0.1, 0.15) is 65.2 Å². The molecular weight excluding hydrogens is 336 g/mol. The van der Waals surface area contributed by atoms with Crippen molar-refractivity contribution >= 4 is 11.8 Å². The maximum Gasteiger partial charge on any atom is 0.305 e. The summed E-state index contributed by atoms with van der Waals surface area (Å²) in [4.78, 5) is 23.3. The van der Waals surface area contributed by atoms with Gasteiger partial charge in [-0.3, -0.25) is 9.59 Å². The van der Waals surface area contributed by atoms with E-state index in [9.17, 15) is 9.59 Å². The minimum atomic E-state index is -0.134. The number of allylic oxidation sites excluding steroid dienone is 6. The number of rotatable bonds is 12. The maximum absolute atomic E-state index is 12.1. The third-order valence-corrected chi connectivity index (χ3v) is 5.95. The number of methoxy groups -OCH3 is 1. The van der Waals surface area contributed by atoms with Gasteiger partial charge >= 0.3 is 5.97 Å². The predicted octanol–water partition coefficient (Wildman–Crippen LogP) is 5.67. The fraction of sp³-hybridized carbons (Fsp3) is 0.667. The van der Waals surface area contributed by atoms with Crippen LogP contribution in [-0.2, 0) is 14.3 Å². The molecule has 0 heterocycles. The van der Waals surface area contributed by atoms with E-state index in [2.05, 4.69) is 49.0 Å². The van der Waals surface area contributed by atoms with Gasteiger partial charge in [0.2, 0.25) is 0 Å². The first kappa shape index (κ1) is 21.7. The second-order valence-electron chi connectivity index (χ2n) is 8.48. The molecule has 1 fully saturated rings. The molecule has 2 bridgehead atoms. The standard InChI is InChI=1S/C24H36O3/c1-18(2)9-8-10-21(25)15-16-23-20-14-13-19(17-20)22(23)11-6-4-5-7-12-24(26)27-3/h4,6,13-16,18-20,22-23H,5,7-12,17H2,1-3H3/b6-4-,16-15?/t19-,20-,22?,23?/m0/s1. The van der Waals surface area contributed by atoms with Gasteiger partial charge in [-0.15, -0.1) is 0 Å². The summed E-state index contributed by atoms with van der Waals surface area (Å²) in [6.45, 7) is 4.41. The van der Waals surface area contributed by atoms with Crippen LogP contribution in [0.5, 0.6) is 0 Å². The lowest BCUT2D eigenvalue weighted by Crippen LogP contribution is -2.17. The van der Waals surface area contributed by atoms with E-state index in [1.807, 2.05) is 6.08 Å². The van der Waals surface area contributed by atoms with Crippen molar-refractivity contribution in [1.29, 1.82) is 0 Å². The summed E-state index contributed by atoms with van der Waals surface area (Å²) >= 11 is 0. The Kier molecular flexibility index (Phi) is 9.03. The SMILES string of the molecule is COC(=O)CCC/C=C\CC1C(C=CC(=O)CCCC(C)C)[C@H]2C=C[C@H]1C2. The Morgan fingerprint density at radius 1 is 1.11 bits per heavy atom. The zero-order valence-electron chi connectivity index (χ0n) is 17.2. The summed E-state index contributed by atoms with van der Waals surface area (Å²) in [5.41, 5.74) is 0. The van der Waals surface area contributed by atoms with Crippen LogP contribution in [0.4, 0.5) is 0 Å². The highest BCUT2D eigenvalue weighted by Crippen LogP contribution is 2.50. The van der Waals surface area contributed by atoms with Crippen molar-refractivity contribution in [2.45, 2.75) is 65.2 Å². The summed E-state index contributed by atoms with van der Waals surface area (Å²) in [6.07, 6.45) is 20.6. The highest BCUT2D eigenvalue weighted by molar-refractivity contribution is 5.89. The Balaban J connectivity index is 1.77. The van der Waals surface area contributed by atoms with Crippen LogP contribution in [0.3, 0.4) is 0 Å². The van der Waals surface area contributed by atoms with Gasteiger partial charge in [-0.2, -0.15) is 0 Å². The third-order valence-electron chi connectivity index (χ3n) is 5.95. The molecule has 150 valence electrons. The third kappa shape index (κ3) is 7.12. The first-order chi connectivity index (χ1) is 13.0. The highest BCUT2D eigenvalue weighted by atomic mass is 16.5. The molecule has 2 aliphatic carbocycles. The lowest BCUT2D eigenvalue weighted by atomic mass is 9.80. The van der Waals surface area contributed by atoms with E-state index in [-0.39, 0.29) is 11.8 Å². The van der Waals surface area contributed by atoms with Gasteiger partial charge in [0.15, 0.2) is 5.78 Å². The Hall–Kier alpha value is -1.64. The number of ether oxygens (including phenoxy) is 1. The summed E-state index contributed by atoms with van der Waals surface area (Å²) in [6, 6.07) is 0. The Morgan fingerprint density at radius 3 is 2.63 bits per heavy atom.